The molecule has 2 amide bonds. The highest BCUT2D eigenvalue weighted by molar-refractivity contribution is 7.92. The molecule has 2 N–H and O–H groups in total. The fraction of sp³-hybridized carbons (Fsp3) is 0.208. The van der Waals surface area contributed by atoms with Gasteiger partial charge < -0.3 is 10.6 Å². The van der Waals surface area contributed by atoms with Gasteiger partial charge in [-0.1, -0.05) is 30.3 Å². The van der Waals surface area contributed by atoms with E-state index in [0.29, 0.717) is 11.3 Å². The summed E-state index contributed by atoms with van der Waals surface area (Å²) in [7, 11) is -3.74. The molecule has 0 atom stereocenters. The van der Waals surface area contributed by atoms with Crippen LogP contribution in [0.1, 0.15) is 28.8 Å². The van der Waals surface area contributed by atoms with E-state index in [4.69, 9.17) is 0 Å². The third kappa shape index (κ3) is 6.85. The first-order valence-corrected chi connectivity index (χ1v) is 12.4. The van der Waals surface area contributed by atoms with Crippen LogP contribution in [0.5, 0.6) is 0 Å². The molecule has 0 unspecified atom stereocenters. The Balaban J connectivity index is 1.59. The number of nitrogens with one attached hydrogen (secondary N) is 2. The van der Waals surface area contributed by atoms with Crippen molar-refractivity contribution in [2.45, 2.75) is 19.4 Å². The van der Waals surface area contributed by atoms with Gasteiger partial charge in [-0.05, 0) is 42.3 Å². The Morgan fingerprint density at radius 1 is 1.03 bits per heavy atom. The Hall–Kier alpha value is -3.79. The zero-order valence-electron chi connectivity index (χ0n) is 18.6. The SMILES string of the molecule is CS(=O)(=O)N(CCCC(=O)Nc1ccccc1C(=O)NCc1cccnc1)c1ccccc1F. The lowest BCUT2D eigenvalue weighted by Gasteiger charge is -2.22. The summed E-state index contributed by atoms with van der Waals surface area (Å²) in [4.78, 5) is 29.1. The minimum absolute atomic E-state index is 0.0217. The van der Waals surface area contributed by atoms with Crippen LogP contribution in [-0.2, 0) is 21.4 Å². The standard InChI is InChI=1S/C24H25FN4O4S/c1-34(32,33)29(22-12-5-3-10-20(22)25)15-7-13-23(30)28-21-11-4-2-9-19(21)24(31)27-17-18-8-6-14-26-16-18/h2-6,8-12,14,16H,7,13,15,17H2,1H3,(H,27,31)(H,28,30). The average molecular weight is 485 g/mol. The number of nitrogens with zero attached hydrogens (tertiary/aromatic N) is 2. The first-order chi connectivity index (χ1) is 16.3. The van der Waals surface area contributed by atoms with Crippen molar-refractivity contribution in [2.75, 3.05) is 22.4 Å². The van der Waals surface area contributed by atoms with Gasteiger partial charge in [-0.2, -0.15) is 0 Å². The summed E-state index contributed by atoms with van der Waals surface area (Å²) in [6, 6.07) is 15.7. The van der Waals surface area contributed by atoms with E-state index >= 15 is 0 Å². The molecule has 0 saturated heterocycles. The summed E-state index contributed by atoms with van der Waals surface area (Å²) in [5.74, 6) is -1.42. The molecule has 178 valence electrons. The van der Waals surface area contributed by atoms with Gasteiger partial charge in [0.25, 0.3) is 5.91 Å². The summed E-state index contributed by atoms with van der Waals surface area (Å²) in [5.41, 5.74) is 1.40. The molecule has 1 aromatic heterocycles. The predicted molar refractivity (Wildman–Crippen MR) is 128 cm³/mol. The second-order valence-corrected chi connectivity index (χ2v) is 9.43. The van der Waals surface area contributed by atoms with Gasteiger partial charge in [-0.25, -0.2) is 12.8 Å². The number of hydrogen-bond acceptors (Lipinski definition) is 5. The third-order valence-corrected chi connectivity index (χ3v) is 6.09. The molecule has 0 fully saturated rings. The van der Waals surface area contributed by atoms with E-state index in [2.05, 4.69) is 15.6 Å². The van der Waals surface area contributed by atoms with Crippen LogP contribution >= 0.6 is 0 Å². The van der Waals surface area contributed by atoms with Crippen molar-refractivity contribution in [3.63, 3.8) is 0 Å². The fourth-order valence-electron chi connectivity index (χ4n) is 3.29. The largest absolute Gasteiger partial charge is 0.348 e. The highest BCUT2D eigenvalue weighted by Crippen LogP contribution is 2.22. The van der Waals surface area contributed by atoms with Crippen LogP contribution in [-0.4, -0.2) is 38.0 Å². The van der Waals surface area contributed by atoms with Gasteiger partial charge in [-0.15, -0.1) is 0 Å². The monoisotopic (exact) mass is 484 g/mol. The van der Waals surface area contributed by atoms with Crippen LogP contribution < -0.4 is 14.9 Å². The number of rotatable bonds is 10. The summed E-state index contributed by atoms with van der Waals surface area (Å²) in [6.07, 6.45) is 4.41. The zero-order valence-corrected chi connectivity index (χ0v) is 19.4. The smallest absolute Gasteiger partial charge is 0.253 e. The molecule has 0 aliphatic rings. The second-order valence-electron chi connectivity index (χ2n) is 7.53. The third-order valence-electron chi connectivity index (χ3n) is 4.91. The van der Waals surface area contributed by atoms with Gasteiger partial charge in [-0.3, -0.25) is 18.9 Å². The molecule has 1 heterocycles. The molecule has 0 spiro atoms. The van der Waals surface area contributed by atoms with Crippen molar-refractivity contribution in [1.82, 2.24) is 10.3 Å². The van der Waals surface area contributed by atoms with Crippen molar-refractivity contribution in [2.24, 2.45) is 0 Å². The van der Waals surface area contributed by atoms with Gasteiger partial charge in [0, 0.05) is 31.9 Å². The molecule has 2 aromatic carbocycles. The lowest BCUT2D eigenvalue weighted by Crippen LogP contribution is -2.32. The molecule has 0 aliphatic carbocycles. The van der Waals surface area contributed by atoms with E-state index < -0.39 is 21.7 Å². The van der Waals surface area contributed by atoms with Gasteiger partial charge in [0.2, 0.25) is 15.9 Å². The number of benzene rings is 2. The average Bonchev–Trinajstić information content (AvgIpc) is 2.81. The maximum atomic E-state index is 14.1. The maximum Gasteiger partial charge on any atom is 0.253 e. The molecule has 34 heavy (non-hydrogen) atoms. The zero-order chi connectivity index (χ0) is 24.6. The number of hydrogen-bond donors (Lipinski definition) is 2. The number of sulfonamides is 1. The number of halogens is 1. The summed E-state index contributed by atoms with van der Waals surface area (Å²) in [6.45, 7) is 0.215. The van der Waals surface area contributed by atoms with Crippen LogP contribution in [0.4, 0.5) is 15.8 Å². The molecule has 3 aromatic rings. The summed E-state index contributed by atoms with van der Waals surface area (Å²) < 4.78 is 39.3. The second kappa shape index (κ2) is 11.4. The van der Waals surface area contributed by atoms with Crippen LogP contribution in [0.2, 0.25) is 0 Å². The van der Waals surface area contributed by atoms with E-state index in [9.17, 15) is 22.4 Å². The van der Waals surface area contributed by atoms with Crippen LogP contribution in [0.15, 0.2) is 73.1 Å². The Kier molecular flexibility index (Phi) is 8.31. The van der Waals surface area contributed by atoms with E-state index in [1.54, 1.807) is 48.8 Å². The molecule has 0 radical (unpaired) electrons. The Morgan fingerprint density at radius 3 is 2.47 bits per heavy atom. The van der Waals surface area contributed by atoms with Gasteiger partial charge >= 0.3 is 0 Å². The number of carbonyl (C=O) groups is 2. The Bertz CT molecular complexity index is 1250. The number of anilines is 2. The van der Waals surface area contributed by atoms with Crippen molar-refractivity contribution in [1.29, 1.82) is 0 Å². The number of aromatic nitrogens is 1. The minimum atomic E-state index is -3.74. The molecule has 10 heteroatoms. The van der Waals surface area contributed by atoms with Crippen molar-refractivity contribution in [3.8, 4) is 0 Å². The van der Waals surface area contributed by atoms with E-state index in [0.717, 1.165) is 16.1 Å². The number of pyridine rings is 1. The Morgan fingerprint density at radius 2 is 1.76 bits per heavy atom. The maximum absolute atomic E-state index is 14.1. The normalized spacial score (nSPS) is 11.0. The number of amides is 2. The molecule has 3 rings (SSSR count). The predicted octanol–water partition coefficient (Wildman–Crippen LogP) is 3.34. The number of para-hydroxylation sites is 2. The van der Waals surface area contributed by atoms with Crippen LogP contribution in [0.3, 0.4) is 0 Å². The highest BCUT2D eigenvalue weighted by atomic mass is 32.2. The van der Waals surface area contributed by atoms with Crippen LogP contribution in [0, 0.1) is 5.82 Å². The summed E-state index contributed by atoms with van der Waals surface area (Å²) >= 11 is 0. The van der Waals surface area contributed by atoms with E-state index in [1.807, 2.05) is 6.07 Å². The Labute approximate surface area is 197 Å². The fourth-order valence-corrected chi connectivity index (χ4v) is 4.25. The molecule has 0 saturated carbocycles. The van der Waals surface area contributed by atoms with E-state index in [1.165, 1.54) is 18.2 Å². The van der Waals surface area contributed by atoms with E-state index in [-0.39, 0.29) is 37.5 Å². The topological polar surface area (TPSA) is 108 Å². The first kappa shape index (κ1) is 24.8. The molecule has 0 bridgehead atoms. The number of carbonyl (C=O) groups excluding carboxylic acids is 2. The lowest BCUT2D eigenvalue weighted by molar-refractivity contribution is -0.116. The van der Waals surface area contributed by atoms with Gasteiger partial charge in [0.05, 0.1) is 23.2 Å². The van der Waals surface area contributed by atoms with Gasteiger partial charge in [0.1, 0.15) is 5.82 Å². The molecule has 0 aliphatic heterocycles. The molecular formula is C24H25FN4O4S. The molecular weight excluding hydrogens is 459 g/mol. The van der Waals surface area contributed by atoms with Gasteiger partial charge in [0.15, 0.2) is 0 Å². The molecule has 8 nitrogen and oxygen atoms in total. The van der Waals surface area contributed by atoms with Crippen molar-refractivity contribution in [3.05, 3.63) is 90.0 Å². The summed E-state index contributed by atoms with van der Waals surface area (Å²) in [5, 5.41) is 5.49. The lowest BCUT2D eigenvalue weighted by atomic mass is 10.1. The minimum Gasteiger partial charge on any atom is -0.348 e. The van der Waals surface area contributed by atoms with Crippen LogP contribution in [0.25, 0.3) is 0 Å². The first-order valence-electron chi connectivity index (χ1n) is 10.5. The highest BCUT2D eigenvalue weighted by Gasteiger charge is 2.21. The van der Waals surface area contributed by atoms with Crippen molar-refractivity contribution < 1.29 is 22.4 Å². The van der Waals surface area contributed by atoms with Crippen molar-refractivity contribution >= 4 is 33.2 Å². The quantitative estimate of drug-likeness (QED) is 0.459.